The van der Waals surface area contributed by atoms with E-state index in [1.807, 2.05) is 12.1 Å². The number of nitrogens with zero attached hydrogens (tertiary/aromatic N) is 1. The van der Waals surface area contributed by atoms with Crippen LogP contribution >= 0.6 is 0 Å². The van der Waals surface area contributed by atoms with Crippen LogP contribution in [0.2, 0.25) is 0 Å². The first-order valence-corrected chi connectivity index (χ1v) is 5.06. The van der Waals surface area contributed by atoms with E-state index in [-0.39, 0.29) is 6.79 Å². The van der Waals surface area contributed by atoms with Gasteiger partial charge in [0.05, 0.1) is 13.3 Å². The van der Waals surface area contributed by atoms with Crippen LogP contribution in [0.15, 0.2) is 18.3 Å². The van der Waals surface area contributed by atoms with Crippen LogP contribution in [0.3, 0.4) is 0 Å². The van der Waals surface area contributed by atoms with Crippen LogP contribution in [-0.4, -0.2) is 24.1 Å². The van der Waals surface area contributed by atoms with Crippen LogP contribution in [-0.2, 0) is 0 Å². The van der Waals surface area contributed by atoms with Crippen molar-refractivity contribution in [2.24, 2.45) is 0 Å². The number of hydrogen-bond acceptors (Lipinski definition) is 5. The van der Waals surface area contributed by atoms with Crippen molar-refractivity contribution in [3.8, 4) is 28.4 Å². The third-order valence-electron chi connectivity index (χ3n) is 2.64. The third kappa shape index (κ3) is 1.45. The number of benzene rings is 1. The zero-order valence-corrected chi connectivity index (χ0v) is 9.19. The van der Waals surface area contributed by atoms with Crippen molar-refractivity contribution in [1.29, 1.82) is 0 Å². The van der Waals surface area contributed by atoms with Gasteiger partial charge in [0.1, 0.15) is 5.82 Å². The van der Waals surface area contributed by atoms with E-state index in [1.54, 1.807) is 13.3 Å². The third-order valence-corrected chi connectivity index (χ3v) is 2.64. The number of aromatic nitrogens is 2. The summed E-state index contributed by atoms with van der Waals surface area (Å²) in [5.74, 6) is 2.40. The summed E-state index contributed by atoms with van der Waals surface area (Å²) < 4.78 is 15.9. The standard InChI is InChI=1S/C11H11N3O3/c1-15-8-2-6(7-4-13-14-11(7)12)3-9-10(8)17-5-16-9/h2-4H,5H2,1H3,(H3,12,13,14). The summed E-state index contributed by atoms with van der Waals surface area (Å²) >= 11 is 0. The Kier molecular flexibility index (Phi) is 2.07. The highest BCUT2D eigenvalue weighted by Gasteiger charge is 2.21. The first kappa shape index (κ1) is 9.83. The van der Waals surface area contributed by atoms with Gasteiger partial charge in [-0.2, -0.15) is 5.10 Å². The highest BCUT2D eigenvalue weighted by Crippen LogP contribution is 2.44. The fourth-order valence-electron chi connectivity index (χ4n) is 1.81. The Balaban J connectivity index is 2.16. The number of nitrogen functional groups attached to an aromatic ring is 1. The summed E-state index contributed by atoms with van der Waals surface area (Å²) in [5.41, 5.74) is 7.46. The molecule has 2 heterocycles. The molecule has 1 aliphatic rings. The number of fused-ring (bicyclic) bond motifs is 1. The monoisotopic (exact) mass is 233 g/mol. The van der Waals surface area contributed by atoms with Gasteiger partial charge < -0.3 is 19.9 Å². The fraction of sp³-hybridized carbons (Fsp3) is 0.182. The lowest BCUT2D eigenvalue weighted by Crippen LogP contribution is -1.93. The van der Waals surface area contributed by atoms with E-state index >= 15 is 0 Å². The van der Waals surface area contributed by atoms with Crippen LogP contribution in [0.4, 0.5) is 5.82 Å². The maximum atomic E-state index is 5.78. The van der Waals surface area contributed by atoms with Crippen LogP contribution in [0, 0.1) is 0 Å². The Morgan fingerprint density at radius 1 is 1.41 bits per heavy atom. The number of hydrogen-bond donors (Lipinski definition) is 2. The Hall–Kier alpha value is -2.37. The molecule has 0 amide bonds. The molecule has 6 heteroatoms. The van der Waals surface area contributed by atoms with Gasteiger partial charge in [-0.25, -0.2) is 0 Å². The molecule has 0 unspecified atom stereocenters. The second-order valence-electron chi connectivity index (χ2n) is 3.61. The maximum absolute atomic E-state index is 5.78. The van der Waals surface area contributed by atoms with E-state index in [9.17, 15) is 0 Å². The van der Waals surface area contributed by atoms with Gasteiger partial charge in [0.2, 0.25) is 12.5 Å². The van der Waals surface area contributed by atoms with Gasteiger partial charge in [-0.3, -0.25) is 5.10 Å². The van der Waals surface area contributed by atoms with E-state index in [4.69, 9.17) is 19.9 Å². The van der Waals surface area contributed by atoms with E-state index in [0.717, 1.165) is 11.1 Å². The minimum Gasteiger partial charge on any atom is -0.493 e. The molecule has 3 N–H and O–H groups in total. The first-order chi connectivity index (χ1) is 8.29. The Morgan fingerprint density at radius 3 is 3.00 bits per heavy atom. The zero-order valence-electron chi connectivity index (χ0n) is 9.19. The molecule has 1 aromatic carbocycles. The lowest BCUT2D eigenvalue weighted by Gasteiger charge is -2.07. The number of aromatic amines is 1. The van der Waals surface area contributed by atoms with Crippen LogP contribution < -0.4 is 19.9 Å². The summed E-state index contributed by atoms with van der Waals surface area (Å²) in [6, 6.07) is 3.70. The number of nitrogens with two attached hydrogens (primary N) is 1. The second kappa shape index (κ2) is 3.58. The molecule has 0 bridgehead atoms. The van der Waals surface area contributed by atoms with Gasteiger partial charge in [0, 0.05) is 5.56 Å². The molecule has 6 nitrogen and oxygen atoms in total. The summed E-state index contributed by atoms with van der Waals surface area (Å²) in [5, 5.41) is 6.57. The van der Waals surface area contributed by atoms with Crippen molar-refractivity contribution in [2.75, 3.05) is 19.6 Å². The number of anilines is 1. The lowest BCUT2D eigenvalue weighted by atomic mass is 10.1. The molecular weight excluding hydrogens is 222 g/mol. The molecule has 0 radical (unpaired) electrons. The molecule has 0 fully saturated rings. The number of nitrogens with one attached hydrogen (secondary N) is 1. The van der Waals surface area contributed by atoms with E-state index in [2.05, 4.69) is 10.2 Å². The summed E-state index contributed by atoms with van der Waals surface area (Å²) in [6.45, 7) is 0.204. The Morgan fingerprint density at radius 2 is 2.29 bits per heavy atom. The van der Waals surface area contributed by atoms with Crippen LogP contribution in [0.5, 0.6) is 17.2 Å². The Labute approximate surface area is 97.3 Å². The molecular formula is C11H11N3O3. The predicted molar refractivity (Wildman–Crippen MR) is 61.1 cm³/mol. The van der Waals surface area contributed by atoms with Crippen molar-refractivity contribution in [1.82, 2.24) is 10.2 Å². The summed E-state index contributed by atoms with van der Waals surface area (Å²) in [6.07, 6.45) is 1.66. The van der Waals surface area contributed by atoms with Crippen molar-refractivity contribution in [3.63, 3.8) is 0 Å². The molecule has 88 valence electrons. The second-order valence-corrected chi connectivity index (χ2v) is 3.61. The molecule has 0 spiro atoms. The predicted octanol–water partition coefficient (Wildman–Crippen LogP) is 1.40. The fourth-order valence-corrected chi connectivity index (χ4v) is 1.81. The van der Waals surface area contributed by atoms with E-state index in [0.29, 0.717) is 23.1 Å². The molecule has 2 aromatic rings. The molecule has 3 rings (SSSR count). The average Bonchev–Trinajstić information content (AvgIpc) is 2.95. The molecule has 1 aromatic heterocycles. The summed E-state index contributed by atoms with van der Waals surface area (Å²) in [7, 11) is 1.58. The molecule has 17 heavy (non-hydrogen) atoms. The maximum Gasteiger partial charge on any atom is 0.231 e. The smallest absolute Gasteiger partial charge is 0.231 e. The lowest BCUT2D eigenvalue weighted by molar-refractivity contribution is 0.171. The topological polar surface area (TPSA) is 82.4 Å². The van der Waals surface area contributed by atoms with E-state index < -0.39 is 0 Å². The van der Waals surface area contributed by atoms with Crippen LogP contribution in [0.1, 0.15) is 0 Å². The zero-order chi connectivity index (χ0) is 11.8. The van der Waals surface area contributed by atoms with Crippen molar-refractivity contribution in [3.05, 3.63) is 18.3 Å². The largest absolute Gasteiger partial charge is 0.493 e. The highest BCUT2D eigenvalue weighted by molar-refractivity contribution is 5.77. The molecule has 1 aliphatic heterocycles. The van der Waals surface area contributed by atoms with E-state index in [1.165, 1.54) is 0 Å². The van der Waals surface area contributed by atoms with Gasteiger partial charge in [0.15, 0.2) is 11.5 Å². The quantitative estimate of drug-likeness (QED) is 0.819. The molecule has 0 atom stereocenters. The van der Waals surface area contributed by atoms with Gasteiger partial charge in [-0.1, -0.05) is 0 Å². The first-order valence-electron chi connectivity index (χ1n) is 5.06. The molecule has 0 aliphatic carbocycles. The Bertz CT molecular complexity index is 565. The SMILES string of the molecule is COc1cc(-c2cn[nH]c2N)cc2c1OCO2. The van der Waals surface area contributed by atoms with Gasteiger partial charge >= 0.3 is 0 Å². The van der Waals surface area contributed by atoms with Gasteiger partial charge in [-0.05, 0) is 17.7 Å². The minimum atomic E-state index is 0.204. The number of rotatable bonds is 2. The van der Waals surface area contributed by atoms with Crippen molar-refractivity contribution in [2.45, 2.75) is 0 Å². The summed E-state index contributed by atoms with van der Waals surface area (Å²) in [4.78, 5) is 0. The molecule has 0 saturated carbocycles. The van der Waals surface area contributed by atoms with Gasteiger partial charge in [0.25, 0.3) is 0 Å². The normalized spacial score (nSPS) is 12.8. The highest BCUT2D eigenvalue weighted by atomic mass is 16.7. The molecule has 0 saturated heterocycles. The number of ether oxygens (including phenoxy) is 3. The van der Waals surface area contributed by atoms with Crippen molar-refractivity contribution < 1.29 is 14.2 Å². The number of methoxy groups -OCH3 is 1. The number of H-pyrrole nitrogens is 1. The minimum absolute atomic E-state index is 0.204. The van der Waals surface area contributed by atoms with Gasteiger partial charge in [-0.15, -0.1) is 0 Å². The average molecular weight is 233 g/mol. The van der Waals surface area contributed by atoms with Crippen molar-refractivity contribution >= 4 is 5.82 Å². The van der Waals surface area contributed by atoms with Crippen LogP contribution in [0.25, 0.3) is 11.1 Å².